The van der Waals surface area contributed by atoms with Crippen molar-refractivity contribution in [3.05, 3.63) is 94.3 Å². The lowest BCUT2D eigenvalue weighted by molar-refractivity contribution is -0.138. The molecule has 4 rings (SSSR count). The lowest BCUT2D eigenvalue weighted by Gasteiger charge is -2.21. The van der Waals surface area contributed by atoms with Gasteiger partial charge in [-0.05, 0) is 42.8 Å². The summed E-state index contributed by atoms with van der Waals surface area (Å²) in [6, 6.07) is 14.3. The molecular weight excluding hydrogens is 432 g/mol. The van der Waals surface area contributed by atoms with E-state index in [0.29, 0.717) is 5.56 Å². The second-order valence-electron chi connectivity index (χ2n) is 7.29. The summed E-state index contributed by atoms with van der Waals surface area (Å²) in [5.41, 5.74) is 1.85. The zero-order valence-corrected chi connectivity index (χ0v) is 17.6. The summed E-state index contributed by atoms with van der Waals surface area (Å²) in [4.78, 5) is 55.7. The second kappa shape index (κ2) is 8.72. The number of esters is 1. The molecule has 1 N–H and O–H groups in total. The highest BCUT2D eigenvalue weighted by molar-refractivity contribution is 6.46. The van der Waals surface area contributed by atoms with Gasteiger partial charge in [-0.1, -0.05) is 35.9 Å². The van der Waals surface area contributed by atoms with Crippen LogP contribution in [0, 0.1) is 12.8 Å². The van der Waals surface area contributed by atoms with E-state index in [2.05, 4.69) is 10.3 Å². The third kappa shape index (κ3) is 4.02. The smallest absolute Gasteiger partial charge is 0.339 e. The van der Waals surface area contributed by atoms with Crippen LogP contribution in [0.15, 0.2) is 67.0 Å². The van der Waals surface area contributed by atoms with Crippen LogP contribution in [0.2, 0.25) is 5.02 Å². The maximum atomic E-state index is 13.3. The molecule has 2 atom stereocenters. The van der Waals surface area contributed by atoms with E-state index in [1.165, 1.54) is 24.5 Å². The number of benzene rings is 2. The van der Waals surface area contributed by atoms with Gasteiger partial charge in [-0.3, -0.25) is 19.4 Å². The number of amides is 1. The standard InChI is InChI=1S/C24H17ClN2O5/c1-13-6-7-17(25)18(12-13)27-23(30)21(29)19(20(28)14-8-10-26-11-9-14)22-15-4-2-3-5-16(15)24(31)32-22/h2-12,19,22H,1H3,(H,27,30)/t19-,22+/m1/s1. The molecule has 32 heavy (non-hydrogen) atoms. The number of aromatic nitrogens is 1. The molecule has 0 saturated carbocycles. The van der Waals surface area contributed by atoms with Crippen LogP contribution < -0.4 is 5.32 Å². The summed E-state index contributed by atoms with van der Waals surface area (Å²) in [5.74, 6) is -4.97. The first-order valence-electron chi connectivity index (χ1n) is 9.72. The Labute approximate surface area is 188 Å². The van der Waals surface area contributed by atoms with Gasteiger partial charge >= 0.3 is 5.97 Å². The molecule has 3 aromatic rings. The number of Topliss-reactive ketones (excluding diaryl/α,β-unsaturated/α-hetero) is 2. The van der Waals surface area contributed by atoms with Crippen molar-refractivity contribution in [1.29, 1.82) is 0 Å². The first-order chi connectivity index (χ1) is 15.4. The molecule has 7 nitrogen and oxygen atoms in total. The van der Waals surface area contributed by atoms with Crippen molar-refractivity contribution in [2.75, 3.05) is 5.32 Å². The predicted molar refractivity (Wildman–Crippen MR) is 116 cm³/mol. The van der Waals surface area contributed by atoms with Crippen molar-refractivity contribution >= 4 is 40.7 Å². The number of aryl methyl sites for hydroxylation is 1. The van der Waals surface area contributed by atoms with Crippen LogP contribution in [0.1, 0.15) is 37.9 Å². The molecule has 2 aromatic carbocycles. The Kier molecular flexibility index (Phi) is 5.83. The van der Waals surface area contributed by atoms with Gasteiger partial charge < -0.3 is 10.1 Å². The molecule has 2 heterocycles. The van der Waals surface area contributed by atoms with Crippen LogP contribution in [0.5, 0.6) is 0 Å². The molecule has 0 aliphatic carbocycles. The van der Waals surface area contributed by atoms with Gasteiger partial charge in [-0.2, -0.15) is 0 Å². The number of halogens is 1. The molecule has 0 unspecified atom stereocenters. The summed E-state index contributed by atoms with van der Waals surface area (Å²) in [6.07, 6.45) is 1.57. The van der Waals surface area contributed by atoms with Crippen molar-refractivity contribution in [3.63, 3.8) is 0 Å². The molecule has 1 aliphatic heterocycles. The number of nitrogens with zero attached hydrogens (tertiary/aromatic N) is 1. The van der Waals surface area contributed by atoms with E-state index < -0.39 is 35.5 Å². The molecular formula is C24H17ClN2O5. The fourth-order valence-electron chi connectivity index (χ4n) is 3.57. The number of cyclic esters (lactones) is 1. The number of anilines is 1. The molecule has 0 bridgehead atoms. The highest BCUT2D eigenvalue weighted by atomic mass is 35.5. The fourth-order valence-corrected chi connectivity index (χ4v) is 3.74. The van der Waals surface area contributed by atoms with E-state index in [1.807, 2.05) is 0 Å². The quantitative estimate of drug-likeness (QED) is 0.265. The number of carbonyl (C=O) groups is 4. The van der Waals surface area contributed by atoms with Gasteiger partial charge in [-0.15, -0.1) is 0 Å². The molecule has 8 heteroatoms. The monoisotopic (exact) mass is 448 g/mol. The van der Waals surface area contributed by atoms with E-state index in [9.17, 15) is 19.2 Å². The Morgan fingerprint density at radius 3 is 2.53 bits per heavy atom. The van der Waals surface area contributed by atoms with Crippen LogP contribution in [0.25, 0.3) is 0 Å². The third-order valence-electron chi connectivity index (χ3n) is 5.15. The zero-order valence-electron chi connectivity index (χ0n) is 16.9. The van der Waals surface area contributed by atoms with Gasteiger partial charge in [0, 0.05) is 23.5 Å². The van der Waals surface area contributed by atoms with E-state index in [0.717, 1.165) is 5.56 Å². The summed E-state index contributed by atoms with van der Waals surface area (Å²) >= 11 is 6.13. The third-order valence-corrected chi connectivity index (χ3v) is 5.48. The Balaban J connectivity index is 1.72. The number of carbonyl (C=O) groups excluding carboxylic acids is 4. The summed E-state index contributed by atoms with van der Waals surface area (Å²) in [5, 5.41) is 2.71. The van der Waals surface area contributed by atoms with Crippen molar-refractivity contribution in [2.24, 2.45) is 5.92 Å². The topological polar surface area (TPSA) is 102 Å². The number of ketones is 2. The highest BCUT2D eigenvalue weighted by Gasteiger charge is 2.46. The van der Waals surface area contributed by atoms with Crippen LogP contribution in [0.3, 0.4) is 0 Å². The van der Waals surface area contributed by atoms with Crippen LogP contribution in [0.4, 0.5) is 5.69 Å². The van der Waals surface area contributed by atoms with Crippen molar-refractivity contribution in [3.8, 4) is 0 Å². The molecule has 0 fully saturated rings. The number of hydrogen-bond donors (Lipinski definition) is 1. The van der Waals surface area contributed by atoms with Gasteiger partial charge in [0.05, 0.1) is 16.3 Å². The number of nitrogens with one attached hydrogen (secondary N) is 1. The normalized spacial score (nSPS) is 15.4. The van der Waals surface area contributed by atoms with Crippen LogP contribution >= 0.6 is 11.6 Å². The van der Waals surface area contributed by atoms with Gasteiger partial charge in [0.25, 0.3) is 5.91 Å². The van der Waals surface area contributed by atoms with Crippen LogP contribution in [-0.4, -0.2) is 28.4 Å². The molecule has 0 radical (unpaired) electrons. The average Bonchev–Trinajstić information content (AvgIpc) is 3.13. The molecule has 1 aromatic heterocycles. The average molecular weight is 449 g/mol. The number of fused-ring (bicyclic) bond motifs is 1. The first-order valence-corrected chi connectivity index (χ1v) is 10.1. The van der Waals surface area contributed by atoms with Crippen molar-refractivity contribution in [1.82, 2.24) is 4.98 Å². The maximum absolute atomic E-state index is 13.3. The summed E-state index contributed by atoms with van der Waals surface area (Å²) in [7, 11) is 0. The van der Waals surface area contributed by atoms with Gasteiger partial charge in [0.2, 0.25) is 5.78 Å². The molecule has 160 valence electrons. The first kappa shape index (κ1) is 21.4. The van der Waals surface area contributed by atoms with Gasteiger partial charge in [0.1, 0.15) is 12.0 Å². The number of pyridine rings is 1. The molecule has 1 aliphatic rings. The molecule has 0 spiro atoms. The second-order valence-corrected chi connectivity index (χ2v) is 7.70. The lowest BCUT2D eigenvalue weighted by atomic mass is 9.85. The van der Waals surface area contributed by atoms with E-state index in [-0.39, 0.29) is 21.8 Å². The summed E-state index contributed by atoms with van der Waals surface area (Å²) in [6.45, 7) is 1.80. The lowest BCUT2D eigenvalue weighted by Crippen LogP contribution is -2.38. The minimum absolute atomic E-state index is 0.167. The SMILES string of the molecule is Cc1ccc(Cl)c(NC(=O)C(=O)[C@@H](C(=O)c2ccncc2)[C@H]2OC(=O)c3ccccc32)c1. The predicted octanol–water partition coefficient (Wildman–Crippen LogP) is 3.96. The Hall–Kier alpha value is -3.84. The minimum Gasteiger partial charge on any atom is -0.453 e. The van der Waals surface area contributed by atoms with Crippen molar-refractivity contribution < 1.29 is 23.9 Å². The van der Waals surface area contributed by atoms with Gasteiger partial charge in [0.15, 0.2) is 5.78 Å². The maximum Gasteiger partial charge on any atom is 0.339 e. The van der Waals surface area contributed by atoms with Crippen LogP contribution in [-0.2, 0) is 14.3 Å². The van der Waals surface area contributed by atoms with Gasteiger partial charge in [-0.25, -0.2) is 4.79 Å². The molecule has 0 saturated heterocycles. The molecule has 1 amide bonds. The number of hydrogen-bond acceptors (Lipinski definition) is 6. The fraction of sp³-hybridized carbons (Fsp3) is 0.125. The number of ether oxygens (including phenoxy) is 1. The van der Waals surface area contributed by atoms with E-state index in [4.69, 9.17) is 16.3 Å². The zero-order chi connectivity index (χ0) is 22.8. The minimum atomic E-state index is -1.58. The Bertz CT molecular complexity index is 1240. The largest absolute Gasteiger partial charge is 0.453 e. The Morgan fingerprint density at radius 2 is 1.78 bits per heavy atom. The van der Waals surface area contributed by atoms with E-state index >= 15 is 0 Å². The van der Waals surface area contributed by atoms with Crippen molar-refractivity contribution in [2.45, 2.75) is 13.0 Å². The Morgan fingerprint density at radius 1 is 1.06 bits per heavy atom. The summed E-state index contributed by atoms with van der Waals surface area (Å²) < 4.78 is 5.40. The highest BCUT2D eigenvalue weighted by Crippen LogP contribution is 2.38. The van der Waals surface area contributed by atoms with E-state index in [1.54, 1.807) is 49.4 Å². The number of rotatable bonds is 6.